The van der Waals surface area contributed by atoms with Crippen LogP contribution in [0.5, 0.6) is 23.0 Å². The maximum absolute atomic E-state index is 5.78. The molecule has 1 saturated heterocycles. The molecular weight excluding hydrogens is 344 g/mol. The second kappa shape index (κ2) is 8.97. The van der Waals surface area contributed by atoms with E-state index in [1.165, 1.54) is 0 Å². The number of nitrogens with zero attached hydrogens (tertiary/aromatic N) is 1. The first kappa shape index (κ1) is 19.3. The zero-order chi connectivity index (χ0) is 19.2. The molecule has 1 aliphatic heterocycles. The molecule has 6 nitrogen and oxygen atoms in total. The summed E-state index contributed by atoms with van der Waals surface area (Å²) in [6.07, 6.45) is 0. The highest BCUT2D eigenvalue weighted by Gasteiger charge is 2.29. The Labute approximate surface area is 161 Å². The van der Waals surface area contributed by atoms with Gasteiger partial charge in [-0.05, 0) is 29.8 Å². The lowest BCUT2D eigenvalue weighted by atomic mass is 9.94. The largest absolute Gasteiger partial charge is 0.497 e. The van der Waals surface area contributed by atoms with E-state index in [0.29, 0.717) is 17.2 Å². The highest BCUT2D eigenvalue weighted by molar-refractivity contribution is 5.58. The van der Waals surface area contributed by atoms with Crippen LogP contribution in [0.25, 0.3) is 0 Å². The topological polar surface area (TPSA) is 52.2 Å². The predicted octanol–water partition coefficient (Wildman–Crippen LogP) is 2.72. The fourth-order valence-corrected chi connectivity index (χ4v) is 3.68. The van der Waals surface area contributed by atoms with E-state index in [4.69, 9.17) is 18.9 Å². The van der Waals surface area contributed by atoms with E-state index >= 15 is 0 Å². The van der Waals surface area contributed by atoms with Crippen LogP contribution >= 0.6 is 0 Å². The third-order valence-electron chi connectivity index (χ3n) is 4.96. The van der Waals surface area contributed by atoms with Crippen molar-refractivity contribution in [2.75, 3.05) is 54.6 Å². The van der Waals surface area contributed by atoms with Gasteiger partial charge in [-0.2, -0.15) is 0 Å². The Kier molecular flexibility index (Phi) is 6.42. The number of ether oxygens (including phenoxy) is 4. The summed E-state index contributed by atoms with van der Waals surface area (Å²) >= 11 is 0. The zero-order valence-corrected chi connectivity index (χ0v) is 16.5. The van der Waals surface area contributed by atoms with Crippen molar-refractivity contribution in [1.82, 2.24) is 10.2 Å². The quantitative estimate of drug-likeness (QED) is 0.807. The standard InChI is InChI=1S/C21H28N2O4/c1-24-16-7-5-6-15(14-16)19(23-12-10-22-11-13-23)17-8-9-18(25-2)21(27-4)20(17)26-3/h5-9,14,19,22H,10-13H2,1-4H3. The summed E-state index contributed by atoms with van der Waals surface area (Å²) < 4.78 is 22.3. The highest BCUT2D eigenvalue weighted by Crippen LogP contribution is 2.45. The first-order valence-corrected chi connectivity index (χ1v) is 9.11. The minimum atomic E-state index is 0.0250. The van der Waals surface area contributed by atoms with Crippen LogP contribution in [0.1, 0.15) is 17.2 Å². The van der Waals surface area contributed by atoms with Gasteiger partial charge in [-0.1, -0.05) is 12.1 Å². The summed E-state index contributed by atoms with van der Waals surface area (Å²) in [6.45, 7) is 3.80. The minimum absolute atomic E-state index is 0.0250. The van der Waals surface area contributed by atoms with E-state index in [0.717, 1.165) is 43.1 Å². The summed E-state index contributed by atoms with van der Waals surface area (Å²) in [6, 6.07) is 12.2. The van der Waals surface area contributed by atoms with Crippen LogP contribution in [0.15, 0.2) is 36.4 Å². The Morgan fingerprint density at radius 2 is 1.59 bits per heavy atom. The lowest BCUT2D eigenvalue weighted by molar-refractivity contribution is 0.194. The van der Waals surface area contributed by atoms with Crippen molar-refractivity contribution in [3.63, 3.8) is 0 Å². The molecule has 1 N–H and O–H groups in total. The normalized spacial score (nSPS) is 15.9. The average molecular weight is 372 g/mol. The fourth-order valence-electron chi connectivity index (χ4n) is 3.68. The highest BCUT2D eigenvalue weighted by atomic mass is 16.5. The monoisotopic (exact) mass is 372 g/mol. The van der Waals surface area contributed by atoms with Gasteiger partial charge in [0, 0.05) is 31.7 Å². The van der Waals surface area contributed by atoms with E-state index in [9.17, 15) is 0 Å². The van der Waals surface area contributed by atoms with Crippen molar-refractivity contribution >= 4 is 0 Å². The molecular formula is C21H28N2O4. The molecule has 2 aromatic rings. The molecule has 0 spiro atoms. The molecule has 6 heteroatoms. The molecule has 0 bridgehead atoms. The lowest BCUT2D eigenvalue weighted by Crippen LogP contribution is -2.45. The van der Waals surface area contributed by atoms with Crippen molar-refractivity contribution in [1.29, 1.82) is 0 Å². The van der Waals surface area contributed by atoms with Gasteiger partial charge in [0.15, 0.2) is 11.5 Å². The van der Waals surface area contributed by atoms with Gasteiger partial charge in [-0.15, -0.1) is 0 Å². The number of piperazine rings is 1. The summed E-state index contributed by atoms with van der Waals surface area (Å²) in [5.74, 6) is 2.80. The summed E-state index contributed by atoms with van der Waals surface area (Å²) in [5, 5.41) is 3.42. The second-order valence-electron chi connectivity index (χ2n) is 6.39. The number of hydrogen-bond donors (Lipinski definition) is 1. The number of hydrogen-bond acceptors (Lipinski definition) is 6. The van der Waals surface area contributed by atoms with Crippen LogP contribution in [0.3, 0.4) is 0 Å². The first-order chi connectivity index (χ1) is 13.2. The van der Waals surface area contributed by atoms with Gasteiger partial charge >= 0.3 is 0 Å². The van der Waals surface area contributed by atoms with Gasteiger partial charge in [0.1, 0.15) is 5.75 Å². The molecule has 2 aromatic carbocycles. The fraction of sp³-hybridized carbons (Fsp3) is 0.429. The van der Waals surface area contributed by atoms with E-state index in [1.807, 2.05) is 18.2 Å². The Morgan fingerprint density at radius 1 is 0.852 bits per heavy atom. The first-order valence-electron chi connectivity index (χ1n) is 9.11. The van der Waals surface area contributed by atoms with Crippen LogP contribution in [0.4, 0.5) is 0 Å². The van der Waals surface area contributed by atoms with Gasteiger partial charge in [0.05, 0.1) is 34.5 Å². The van der Waals surface area contributed by atoms with Gasteiger partial charge in [0.25, 0.3) is 0 Å². The summed E-state index contributed by atoms with van der Waals surface area (Å²) in [7, 11) is 6.62. The zero-order valence-electron chi connectivity index (χ0n) is 16.5. The van der Waals surface area contributed by atoms with Crippen molar-refractivity contribution < 1.29 is 18.9 Å². The Morgan fingerprint density at radius 3 is 2.22 bits per heavy atom. The number of rotatable bonds is 7. The van der Waals surface area contributed by atoms with E-state index < -0.39 is 0 Å². The molecule has 3 rings (SSSR count). The third kappa shape index (κ3) is 3.96. The molecule has 27 heavy (non-hydrogen) atoms. The molecule has 1 unspecified atom stereocenters. The maximum Gasteiger partial charge on any atom is 0.203 e. The molecule has 1 atom stereocenters. The van der Waals surface area contributed by atoms with E-state index in [-0.39, 0.29) is 6.04 Å². The molecule has 0 aromatic heterocycles. The van der Waals surface area contributed by atoms with Crippen molar-refractivity contribution in [3.8, 4) is 23.0 Å². The van der Waals surface area contributed by atoms with Crippen molar-refractivity contribution in [2.24, 2.45) is 0 Å². The number of benzene rings is 2. The average Bonchev–Trinajstić information content (AvgIpc) is 2.74. The lowest BCUT2D eigenvalue weighted by Gasteiger charge is -2.36. The summed E-state index contributed by atoms with van der Waals surface area (Å²) in [5.41, 5.74) is 2.20. The molecule has 0 saturated carbocycles. The van der Waals surface area contributed by atoms with E-state index in [2.05, 4.69) is 28.4 Å². The second-order valence-corrected chi connectivity index (χ2v) is 6.39. The van der Waals surface area contributed by atoms with Crippen LogP contribution in [0.2, 0.25) is 0 Å². The molecule has 146 valence electrons. The number of nitrogens with one attached hydrogen (secondary N) is 1. The predicted molar refractivity (Wildman–Crippen MR) is 105 cm³/mol. The van der Waals surface area contributed by atoms with E-state index in [1.54, 1.807) is 28.4 Å². The van der Waals surface area contributed by atoms with Gasteiger partial charge in [-0.25, -0.2) is 0 Å². The molecule has 1 aliphatic rings. The molecule has 0 aliphatic carbocycles. The summed E-state index contributed by atoms with van der Waals surface area (Å²) in [4.78, 5) is 2.45. The SMILES string of the molecule is COc1cccc(C(c2ccc(OC)c(OC)c2OC)N2CCNCC2)c1. The van der Waals surface area contributed by atoms with Crippen LogP contribution < -0.4 is 24.3 Å². The Bertz CT molecular complexity index is 760. The van der Waals surface area contributed by atoms with Crippen LogP contribution in [0, 0.1) is 0 Å². The molecule has 1 heterocycles. The Hall–Kier alpha value is -2.44. The van der Waals surface area contributed by atoms with Crippen molar-refractivity contribution in [2.45, 2.75) is 6.04 Å². The van der Waals surface area contributed by atoms with Crippen LogP contribution in [-0.4, -0.2) is 59.5 Å². The van der Waals surface area contributed by atoms with Gasteiger partial charge < -0.3 is 24.3 Å². The minimum Gasteiger partial charge on any atom is -0.497 e. The number of methoxy groups -OCH3 is 4. The third-order valence-corrected chi connectivity index (χ3v) is 4.96. The smallest absolute Gasteiger partial charge is 0.203 e. The van der Waals surface area contributed by atoms with Gasteiger partial charge in [0.2, 0.25) is 5.75 Å². The molecule has 0 amide bonds. The molecule has 1 fully saturated rings. The van der Waals surface area contributed by atoms with Crippen LogP contribution in [-0.2, 0) is 0 Å². The van der Waals surface area contributed by atoms with Crippen molar-refractivity contribution in [3.05, 3.63) is 47.5 Å². The molecule has 0 radical (unpaired) electrons. The Balaban J connectivity index is 2.15. The van der Waals surface area contributed by atoms with Gasteiger partial charge in [-0.3, -0.25) is 4.90 Å². The maximum atomic E-state index is 5.78.